The number of benzene rings is 1. The van der Waals surface area contributed by atoms with Crippen LogP contribution in [0.1, 0.15) is 39.2 Å². The molecule has 0 aliphatic rings. The Bertz CT molecular complexity index is 385. The number of fused-ring (bicyclic) bond motifs is 1. The van der Waals surface area contributed by atoms with Gasteiger partial charge in [-0.1, -0.05) is 39.8 Å². The van der Waals surface area contributed by atoms with Gasteiger partial charge in [0.15, 0.2) is 0 Å². The Morgan fingerprint density at radius 3 is 2.43 bits per heavy atom. The molecule has 0 N–H and O–H groups in total. The molecule has 1 heterocycles. The highest BCUT2D eigenvalue weighted by atomic mass is 16.3. The second-order valence-electron chi connectivity index (χ2n) is 3.37. The van der Waals surface area contributed by atoms with Crippen LogP contribution in [0.3, 0.4) is 0 Å². The molecule has 1 nitrogen and oxygen atoms in total. The predicted molar refractivity (Wildman–Crippen MR) is 61.7 cm³/mol. The molecule has 14 heavy (non-hydrogen) atoms. The minimum absolute atomic E-state index is 0.569. The first-order valence-corrected chi connectivity index (χ1v) is 5.24. The summed E-state index contributed by atoms with van der Waals surface area (Å²) in [6.45, 7) is 8.37. The zero-order valence-electron chi connectivity index (χ0n) is 9.37. The van der Waals surface area contributed by atoms with Crippen molar-refractivity contribution in [3.8, 4) is 0 Å². The second-order valence-corrected chi connectivity index (χ2v) is 3.37. The number of furan rings is 1. The van der Waals surface area contributed by atoms with Gasteiger partial charge in [0, 0.05) is 5.39 Å². The van der Waals surface area contributed by atoms with E-state index >= 15 is 0 Å². The minimum Gasteiger partial charge on any atom is -0.464 e. The van der Waals surface area contributed by atoms with Crippen LogP contribution in [-0.4, -0.2) is 0 Å². The molecular weight excluding hydrogens is 172 g/mol. The Hall–Kier alpha value is -1.24. The van der Waals surface area contributed by atoms with Crippen LogP contribution in [0.15, 0.2) is 34.9 Å². The summed E-state index contributed by atoms with van der Waals surface area (Å²) in [7, 11) is 0. The van der Waals surface area contributed by atoms with E-state index < -0.39 is 0 Å². The van der Waals surface area contributed by atoms with Crippen molar-refractivity contribution in [2.75, 3.05) is 0 Å². The van der Waals surface area contributed by atoms with Gasteiger partial charge < -0.3 is 4.42 Å². The lowest BCUT2D eigenvalue weighted by Crippen LogP contribution is -1.84. The molecular formula is C13H18O. The molecule has 0 bridgehead atoms. The molecule has 0 fully saturated rings. The van der Waals surface area contributed by atoms with Crippen LogP contribution >= 0.6 is 0 Å². The number of hydrogen-bond acceptors (Lipinski definition) is 1. The van der Waals surface area contributed by atoms with Crippen LogP contribution in [-0.2, 0) is 0 Å². The van der Waals surface area contributed by atoms with E-state index in [1.165, 1.54) is 10.9 Å². The Morgan fingerprint density at radius 2 is 1.79 bits per heavy atom. The molecule has 0 aliphatic carbocycles. The smallest absolute Gasteiger partial charge is 0.134 e. The van der Waals surface area contributed by atoms with E-state index in [1.807, 2.05) is 19.9 Å². The molecule has 0 radical (unpaired) electrons. The molecule has 2 aromatic rings. The van der Waals surface area contributed by atoms with Crippen molar-refractivity contribution in [2.45, 2.75) is 33.6 Å². The summed E-state index contributed by atoms with van der Waals surface area (Å²) < 4.78 is 5.31. The Morgan fingerprint density at radius 1 is 1.07 bits per heavy atom. The van der Waals surface area contributed by atoms with Crippen LogP contribution in [0.4, 0.5) is 0 Å². The predicted octanol–water partition coefficient (Wildman–Crippen LogP) is 4.58. The first kappa shape index (κ1) is 10.8. The van der Waals surface area contributed by atoms with E-state index in [4.69, 9.17) is 4.42 Å². The van der Waals surface area contributed by atoms with E-state index in [0.717, 1.165) is 5.58 Å². The van der Waals surface area contributed by atoms with Crippen LogP contribution in [0.5, 0.6) is 0 Å². The third kappa shape index (κ3) is 2.16. The van der Waals surface area contributed by atoms with Crippen molar-refractivity contribution in [2.24, 2.45) is 0 Å². The monoisotopic (exact) mass is 190 g/mol. The Balaban J connectivity index is 0.000000461. The third-order valence-electron chi connectivity index (χ3n) is 2.15. The highest BCUT2D eigenvalue weighted by molar-refractivity contribution is 5.77. The van der Waals surface area contributed by atoms with Gasteiger partial charge in [0.05, 0.1) is 6.26 Å². The zero-order chi connectivity index (χ0) is 10.6. The molecule has 76 valence electrons. The zero-order valence-corrected chi connectivity index (χ0v) is 9.37. The summed E-state index contributed by atoms with van der Waals surface area (Å²) in [6, 6.07) is 8.36. The maximum absolute atomic E-state index is 5.31. The standard InChI is InChI=1S/C11H12O.C2H6/c1-8(2)10-4-3-9-5-6-12-11(9)7-10;1-2/h3-8H,1-2H3;1-2H3. The van der Waals surface area contributed by atoms with Crippen molar-refractivity contribution in [1.82, 2.24) is 0 Å². The first-order chi connectivity index (χ1) is 6.77. The molecule has 0 unspecified atom stereocenters. The summed E-state index contributed by atoms with van der Waals surface area (Å²) in [5.41, 5.74) is 2.32. The minimum atomic E-state index is 0.569. The molecule has 1 heteroatoms. The SMILES string of the molecule is CC.CC(C)c1ccc2ccoc2c1. The molecule has 0 saturated carbocycles. The van der Waals surface area contributed by atoms with Crippen molar-refractivity contribution >= 4 is 11.0 Å². The summed E-state index contributed by atoms with van der Waals surface area (Å²) in [4.78, 5) is 0. The molecule has 0 atom stereocenters. The summed E-state index contributed by atoms with van der Waals surface area (Å²) in [6.07, 6.45) is 1.73. The highest BCUT2D eigenvalue weighted by Crippen LogP contribution is 2.21. The van der Waals surface area contributed by atoms with Gasteiger partial charge in [-0.25, -0.2) is 0 Å². The van der Waals surface area contributed by atoms with E-state index in [-0.39, 0.29) is 0 Å². The lowest BCUT2D eigenvalue weighted by atomic mass is 10.0. The fraction of sp³-hybridized carbons (Fsp3) is 0.385. The van der Waals surface area contributed by atoms with Crippen LogP contribution in [0, 0.1) is 0 Å². The molecule has 2 rings (SSSR count). The van der Waals surface area contributed by atoms with E-state index in [9.17, 15) is 0 Å². The third-order valence-corrected chi connectivity index (χ3v) is 2.15. The second kappa shape index (κ2) is 4.85. The fourth-order valence-corrected chi connectivity index (χ4v) is 1.33. The van der Waals surface area contributed by atoms with Gasteiger partial charge in [0.2, 0.25) is 0 Å². The van der Waals surface area contributed by atoms with Gasteiger partial charge in [0.1, 0.15) is 5.58 Å². The van der Waals surface area contributed by atoms with Crippen LogP contribution in [0.25, 0.3) is 11.0 Å². The van der Waals surface area contributed by atoms with Crippen molar-refractivity contribution < 1.29 is 4.42 Å². The lowest BCUT2D eigenvalue weighted by molar-refractivity contribution is 0.615. The molecule has 0 amide bonds. The number of hydrogen-bond donors (Lipinski definition) is 0. The first-order valence-electron chi connectivity index (χ1n) is 5.24. The largest absolute Gasteiger partial charge is 0.464 e. The summed E-state index contributed by atoms with van der Waals surface area (Å²) >= 11 is 0. The van der Waals surface area contributed by atoms with Crippen LogP contribution in [0.2, 0.25) is 0 Å². The van der Waals surface area contributed by atoms with E-state index in [1.54, 1.807) is 6.26 Å². The Kier molecular flexibility index (Phi) is 3.75. The summed E-state index contributed by atoms with van der Waals surface area (Å²) in [5, 5.41) is 1.18. The fourth-order valence-electron chi connectivity index (χ4n) is 1.33. The average Bonchev–Trinajstić information content (AvgIpc) is 2.67. The maximum Gasteiger partial charge on any atom is 0.134 e. The average molecular weight is 190 g/mol. The maximum atomic E-state index is 5.31. The molecule has 1 aromatic heterocycles. The van der Waals surface area contributed by atoms with E-state index in [2.05, 4.69) is 32.0 Å². The highest BCUT2D eigenvalue weighted by Gasteiger charge is 2.01. The van der Waals surface area contributed by atoms with Gasteiger partial charge in [-0.2, -0.15) is 0 Å². The van der Waals surface area contributed by atoms with Gasteiger partial charge in [-0.3, -0.25) is 0 Å². The molecule has 0 spiro atoms. The Labute approximate surface area is 85.7 Å². The quantitative estimate of drug-likeness (QED) is 0.641. The van der Waals surface area contributed by atoms with Gasteiger partial charge in [-0.05, 0) is 23.6 Å². The molecule has 1 aromatic carbocycles. The normalized spacial score (nSPS) is 10.1. The van der Waals surface area contributed by atoms with Crippen molar-refractivity contribution in [3.63, 3.8) is 0 Å². The topological polar surface area (TPSA) is 13.1 Å². The molecule has 0 saturated heterocycles. The van der Waals surface area contributed by atoms with Crippen LogP contribution < -0.4 is 0 Å². The van der Waals surface area contributed by atoms with Crippen molar-refractivity contribution in [1.29, 1.82) is 0 Å². The number of rotatable bonds is 1. The van der Waals surface area contributed by atoms with Gasteiger partial charge in [0.25, 0.3) is 0 Å². The van der Waals surface area contributed by atoms with Gasteiger partial charge in [-0.15, -0.1) is 0 Å². The molecule has 0 aliphatic heterocycles. The van der Waals surface area contributed by atoms with Gasteiger partial charge >= 0.3 is 0 Å². The van der Waals surface area contributed by atoms with E-state index in [0.29, 0.717) is 5.92 Å². The lowest BCUT2D eigenvalue weighted by Gasteiger charge is -2.03. The summed E-state index contributed by atoms with van der Waals surface area (Å²) in [5.74, 6) is 0.569. The van der Waals surface area contributed by atoms with Crippen molar-refractivity contribution in [3.05, 3.63) is 36.1 Å².